The molecule has 0 radical (unpaired) electrons. The van der Waals surface area contributed by atoms with E-state index in [1.54, 1.807) is 36.1 Å². The standard InChI is InChI=1S/C34H31ClF3N11O3S2/c35-24-13-19(36)4-7-23(24)30-29(26-8-11-47(43-26)33(37)38)28-14-20(17-46(28)31(41-30)32-40-10-12-53-32)44-54(51,52)49-21-5-6-22(49)16-34(50,15-21)48-18-27(42-45-48)25-3-1-2-9-39-25/h1-4,7-13,18,20-22,30,33,44,50H,5-6,14-17H2/t20-,21-,22?,30-,34-/m0/s1. The van der Waals surface area contributed by atoms with Crippen LogP contribution in [0.15, 0.2) is 83.3 Å². The van der Waals surface area contributed by atoms with Crippen molar-refractivity contribution in [2.75, 3.05) is 6.54 Å². The van der Waals surface area contributed by atoms with E-state index >= 15 is 0 Å². The topological polar surface area (TPSA) is 160 Å². The third kappa shape index (κ3) is 6.12. The van der Waals surface area contributed by atoms with Crippen molar-refractivity contribution in [1.29, 1.82) is 0 Å². The number of pyridine rings is 1. The lowest BCUT2D eigenvalue weighted by Gasteiger charge is -2.42. The number of aromatic nitrogens is 7. The summed E-state index contributed by atoms with van der Waals surface area (Å²) in [6, 6.07) is 8.14. The van der Waals surface area contributed by atoms with E-state index in [1.807, 2.05) is 11.0 Å². The van der Waals surface area contributed by atoms with Crippen LogP contribution in [-0.2, 0) is 15.9 Å². The first-order chi connectivity index (χ1) is 26.0. The van der Waals surface area contributed by atoms with Crippen molar-refractivity contribution < 1.29 is 26.7 Å². The number of aliphatic hydroxyl groups is 1. The summed E-state index contributed by atoms with van der Waals surface area (Å²) < 4.78 is 76.7. The molecule has 5 aromatic rings. The maximum atomic E-state index is 14.3. The number of thiazole rings is 1. The molecular formula is C34H31ClF3N11O3S2. The lowest BCUT2D eigenvalue weighted by Crippen LogP contribution is -2.58. The smallest absolute Gasteiger partial charge is 0.333 e. The predicted octanol–water partition coefficient (Wildman–Crippen LogP) is 4.97. The molecule has 1 aromatic carbocycles. The van der Waals surface area contributed by atoms with Crippen LogP contribution in [-0.4, -0.2) is 88.0 Å². The molecule has 20 heteroatoms. The van der Waals surface area contributed by atoms with E-state index in [0.29, 0.717) is 56.6 Å². The molecule has 5 atom stereocenters. The van der Waals surface area contributed by atoms with Gasteiger partial charge in [0.15, 0.2) is 16.6 Å². The molecule has 0 spiro atoms. The van der Waals surface area contributed by atoms with E-state index in [2.05, 4.69) is 30.1 Å². The number of piperidine rings is 1. The Morgan fingerprint density at radius 2 is 1.85 bits per heavy atom. The van der Waals surface area contributed by atoms with E-state index in [0.717, 1.165) is 12.3 Å². The summed E-state index contributed by atoms with van der Waals surface area (Å²) in [5.74, 6) is -0.123. The van der Waals surface area contributed by atoms with Crippen molar-refractivity contribution in [3.8, 4) is 11.4 Å². The van der Waals surface area contributed by atoms with Gasteiger partial charge in [0.1, 0.15) is 17.6 Å². The Hall–Kier alpha value is -4.53. The Labute approximate surface area is 315 Å². The van der Waals surface area contributed by atoms with Crippen LogP contribution in [0, 0.1) is 5.82 Å². The van der Waals surface area contributed by atoms with Gasteiger partial charge in [-0.05, 0) is 43.2 Å². The molecule has 54 heavy (non-hydrogen) atoms. The highest BCUT2D eigenvalue weighted by Gasteiger charge is 2.54. The van der Waals surface area contributed by atoms with Crippen molar-refractivity contribution in [3.05, 3.63) is 105 Å². The Balaban J connectivity index is 1.03. The Morgan fingerprint density at radius 1 is 1.04 bits per heavy atom. The van der Waals surface area contributed by atoms with Crippen molar-refractivity contribution in [2.24, 2.45) is 4.99 Å². The van der Waals surface area contributed by atoms with E-state index in [9.17, 15) is 26.7 Å². The van der Waals surface area contributed by atoms with E-state index < -0.39 is 52.5 Å². The number of aliphatic imine (C=N–C) groups is 1. The molecule has 4 aromatic heterocycles. The molecule has 3 fully saturated rings. The van der Waals surface area contributed by atoms with Gasteiger partial charge in [0.25, 0.3) is 10.2 Å². The third-order valence-electron chi connectivity index (χ3n) is 10.3. The van der Waals surface area contributed by atoms with Gasteiger partial charge in [0.2, 0.25) is 0 Å². The summed E-state index contributed by atoms with van der Waals surface area (Å²) in [6.07, 6.45) is 7.51. The van der Waals surface area contributed by atoms with Gasteiger partial charge in [-0.3, -0.25) is 9.98 Å². The molecule has 0 saturated carbocycles. The molecule has 3 saturated heterocycles. The van der Waals surface area contributed by atoms with Crippen molar-refractivity contribution in [2.45, 2.75) is 68.5 Å². The summed E-state index contributed by atoms with van der Waals surface area (Å²) in [5, 5.41) is 26.8. The lowest BCUT2D eigenvalue weighted by atomic mass is 9.92. The number of halogens is 4. The molecule has 0 aliphatic carbocycles. The van der Waals surface area contributed by atoms with Gasteiger partial charge < -0.3 is 10.0 Å². The fraction of sp³-hybridized carbons (Fsp3) is 0.353. The second-order valence-corrected chi connectivity index (χ2v) is 16.6. The van der Waals surface area contributed by atoms with E-state index in [-0.39, 0.29) is 36.5 Å². The minimum absolute atomic E-state index is 0.0803. The van der Waals surface area contributed by atoms with Crippen molar-refractivity contribution >= 4 is 44.6 Å². The van der Waals surface area contributed by atoms with Crippen molar-refractivity contribution in [1.82, 2.24) is 48.7 Å². The second kappa shape index (κ2) is 13.3. The summed E-state index contributed by atoms with van der Waals surface area (Å²) >= 11 is 7.91. The molecule has 2 bridgehead atoms. The number of benzene rings is 1. The number of nitrogens with zero attached hydrogens (tertiary/aromatic N) is 10. The van der Waals surface area contributed by atoms with Gasteiger partial charge >= 0.3 is 6.55 Å². The van der Waals surface area contributed by atoms with Crippen LogP contribution in [0.5, 0.6) is 0 Å². The lowest BCUT2D eigenvalue weighted by molar-refractivity contribution is -0.105. The molecule has 2 N–H and O–H groups in total. The largest absolute Gasteiger partial charge is 0.369 e. The van der Waals surface area contributed by atoms with Crippen LogP contribution >= 0.6 is 22.9 Å². The zero-order valence-electron chi connectivity index (χ0n) is 28.1. The second-order valence-electron chi connectivity index (χ2n) is 13.7. The number of nitrogens with one attached hydrogen (secondary N) is 1. The van der Waals surface area contributed by atoms with Crippen LogP contribution in [0.4, 0.5) is 13.2 Å². The average molecular weight is 798 g/mol. The first-order valence-electron chi connectivity index (χ1n) is 17.1. The Kier molecular flexibility index (Phi) is 8.70. The Bertz CT molecular complexity index is 2380. The maximum Gasteiger partial charge on any atom is 0.333 e. The fourth-order valence-electron chi connectivity index (χ4n) is 8.14. The average Bonchev–Trinajstić information content (AvgIpc) is 3.98. The van der Waals surface area contributed by atoms with Gasteiger partial charge in [-0.1, -0.05) is 28.9 Å². The van der Waals surface area contributed by atoms with Gasteiger partial charge in [-0.25, -0.2) is 18.7 Å². The zero-order valence-corrected chi connectivity index (χ0v) is 30.5. The first-order valence-corrected chi connectivity index (χ1v) is 19.8. The van der Waals surface area contributed by atoms with Crippen LogP contribution in [0.2, 0.25) is 5.02 Å². The highest BCUT2D eigenvalue weighted by Crippen LogP contribution is 2.48. The number of alkyl halides is 2. The van der Waals surface area contributed by atoms with Crippen molar-refractivity contribution in [3.63, 3.8) is 0 Å². The summed E-state index contributed by atoms with van der Waals surface area (Å²) in [5.41, 5.74) is 1.28. The number of rotatable bonds is 9. The highest BCUT2D eigenvalue weighted by atomic mass is 35.5. The summed E-state index contributed by atoms with van der Waals surface area (Å²) in [6.45, 7) is -2.75. The molecule has 4 aliphatic heterocycles. The van der Waals surface area contributed by atoms with E-state index in [1.165, 1.54) is 38.5 Å². The van der Waals surface area contributed by atoms with Crippen LogP contribution in [0.25, 0.3) is 17.0 Å². The third-order valence-corrected chi connectivity index (χ3v) is 13.2. The number of fused-ring (bicyclic) bond motifs is 3. The molecule has 280 valence electrons. The highest BCUT2D eigenvalue weighted by molar-refractivity contribution is 7.87. The number of hydrogen-bond acceptors (Lipinski definition) is 11. The summed E-state index contributed by atoms with van der Waals surface area (Å²) in [7, 11) is -4.12. The summed E-state index contributed by atoms with van der Waals surface area (Å²) in [4.78, 5) is 15.6. The molecule has 9 rings (SSSR count). The quantitative estimate of drug-likeness (QED) is 0.210. The fourth-order valence-corrected chi connectivity index (χ4v) is 10.9. The minimum atomic E-state index is -4.12. The van der Waals surface area contributed by atoms with Gasteiger partial charge in [0, 0.05) is 89.8 Å². The molecule has 1 unspecified atom stereocenters. The van der Waals surface area contributed by atoms with Gasteiger partial charge in [-0.2, -0.15) is 31.3 Å². The Morgan fingerprint density at radius 3 is 2.54 bits per heavy atom. The maximum absolute atomic E-state index is 14.3. The first kappa shape index (κ1) is 35.2. The number of hydrogen-bond donors (Lipinski definition) is 2. The van der Waals surface area contributed by atoms with Crippen LogP contribution < -0.4 is 4.72 Å². The van der Waals surface area contributed by atoms with E-state index in [4.69, 9.17) is 16.6 Å². The van der Waals surface area contributed by atoms with Gasteiger partial charge in [0.05, 0.1) is 17.6 Å². The molecule has 0 amide bonds. The zero-order chi connectivity index (χ0) is 37.4. The van der Waals surface area contributed by atoms with Gasteiger partial charge in [-0.15, -0.1) is 16.4 Å². The number of amidine groups is 1. The molecule has 14 nitrogen and oxygen atoms in total. The normalized spacial score (nSPS) is 25.8. The minimum Gasteiger partial charge on any atom is -0.369 e. The van der Waals surface area contributed by atoms with Crippen LogP contribution in [0.3, 0.4) is 0 Å². The monoisotopic (exact) mass is 797 g/mol. The van der Waals surface area contributed by atoms with Crippen LogP contribution in [0.1, 0.15) is 61.0 Å². The predicted molar refractivity (Wildman–Crippen MR) is 192 cm³/mol. The molecular weight excluding hydrogens is 767 g/mol. The SMILES string of the molecule is O=S(=O)(N[C@H]1CC2=C(c3ccn(C(F)F)n3)[C@H](c3ccc(F)cc3Cl)N=C(c3nccs3)N2C1)N1C2CC[C@H]1C[C@@](O)(n1cc(-c3ccccn3)nn1)C2. The molecule has 4 aliphatic rings. The molecule has 8 heterocycles.